The maximum absolute atomic E-state index is 12.4. The monoisotopic (exact) mass is 400 g/mol. The normalized spacial score (nSPS) is 10.4. The van der Waals surface area contributed by atoms with Gasteiger partial charge in [-0.15, -0.1) is 0 Å². The van der Waals surface area contributed by atoms with Crippen LogP contribution >= 0.6 is 12.2 Å². The molecule has 0 heterocycles. The molecule has 150 valence electrons. The van der Waals surface area contributed by atoms with Gasteiger partial charge < -0.3 is 14.8 Å². The van der Waals surface area contributed by atoms with Crippen LogP contribution in [0.1, 0.15) is 50.4 Å². The van der Waals surface area contributed by atoms with Gasteiger partial charge in [-0.2, -0.15) is 0 Å². The van der Waals surface area contributed by atoms with Crippen molar-refractivity contribution in [3.05, 3.63) is 54.1 Å². The minimum absolute atomic E-state index is 0.0838. The number of benzene rings is 2. The van der Waals surface area contributed by atoms with E-state index in [2.05, 4.69) is 17.6 Å². The fourth-order valence-electron chi connectivity index (χ4n) is 2.50. The van der Waals surface area contributed by atoms with Crippen LogP contribution in [0.25, 0.3) is 0 Å². The van der Waals surface area contributed by atoms with Crippen LogP contribution in [0.4, 0.5) is 5.69 Å². The lowest BCUT2D eigenvalue weighted by atomic mass is 10.2. The average molecular weight is 401 g/mol. The van der Waals surface area contributed by atoms with Gasteiger partial charge in [0.25, 0.3) is 5.91 Å². The van der Waals surface area contributed by atoms with E-state index in [0.29, 0.717) is 12.2 Å². The molecule has 0 aliphatic rings. The molecular formula is C22H28N2O3S. The van der Waals surface area contributed by atoms with Crippen molar-refractivity contribution in [2.45, 2.75) is 46.1 Å². The quantitative estimate of drug-likeness (QED) is 0.449. The zero-order valence-electron chi connectivity index (χ0n) is 16.7. The Morgan fingerprint density at radius 1 is 1.07 bits per heavy atom. The molecule has 0 saturated carbocycles. The first-order valence-corrected chi connectivity index (χ1v) is 10.0. The second-order valence-electron chi connectivity index (χ2n) is 6.68. The Labute approximate surface area is 172 Å². The van der Waals surface area contributed by atoms with Crippen LogP contribution in [-0.2, 0) is 0 Å². The van der Waals surface area contributed by atoms with Gasteiger partial charge >= 0.3 is 0 Å². The van der Waals surface area contributed by atoms with Crippen LogP contribution < -0.4 is 20.1 Å². The van der Waals surface area contributed by atoms with Crippen molar-refractivity contribution >= 4 is 28.9 Å². The predicted octanol–water partition coefficient (Wildman–Crippen LogP) is 5.17. The van der Waals surface area contributed by atoms with Gasteiger partial charge in [0.15, 0.2) is 5.11 Å². The second kappa shape index (κ2) is 11.3. The topological polar surface area (TPSA) is 59.6 Å². The molecule has 5 nitrogen and oxygen atoms in total. The molecule has 0 atom stereocenters. The van der Waals surface area contributed by atoms with E-state index >= 15 is 0 Å². The molecule has 0 spiro atoms. The summed E-state index contributed by atoms with van der Waals surface area (Å²) in [4.78, 5) is 12.4. The molecule has 6 heteroatoms. The first-order chi connectivity index (χ1) is 13.5. The van der Waals surface area contributed by atoms with Gasteiger partial charge in [-0.3, -0.25) is 10.1 Å². The van der Waals surface area contributed by atoms with Crippen molar-refractivity contribution in [1.29, 1.82) is 0 Å². The first-order valence-electron chi connectivity index (χ1n) is 9.60. The van der Waals surface area contributed by atoms with E-state index in [-0.39, 0.29) is 17.1 Å². The lowest BCUT2D eigenvalue weighted by molar-refractivity contribution is 0.0977. The molecule has 0 radical (unpaired) electrons. The molecular weight excluding hydrogens is 372 g/mol. The zero-order chi connectivity index (χ0) is 20.4. The lowest BCUT2D eigenvalue weighted by Gasteiger charge is -2.13. The van der Waals surface area contributed by atoms with Crippen LogP contribution in [0.5, 0.6) is 11.5 Å². The van der Waals surface area contributed by atoms with E-state index in [1.165, 1.54) is 0 Å². The van der Waals surface area contributed by atoms with E-state index in [4.69, 9.17) is 21.7 Å². The summed E-state index contributed by atoms with van der Waals surface area (Å²) in [5.41, 5.74) is 1.27. The molecule has 28 heavy (non-hydrogen) atoms. The fraction of sp³-hybridized carbons (Fsp3) is 0.364. The highest BCUT2D eigenvalue weighted by Gasteiger charge is 2.09. The van der Waals surface area contributed by atoms with Crippen molar-refractivity contribution < 1.29 is 14.3 Å². The van der Waals surface area contributed by atoms with Crippen LogP contribution in [0.2, 0.25) is 0 Å². The number of carbonyl (C=O) groups is 1. The van der Waals surface area contributed by atoms with E-state index in [1.807, 2.05) is 38.1 Å². The standard InChI is InChI=1S/C22H28N2O3S/c1-4-5-6-14-26-19-12-10-17(11-13-19)21(25)24-22(28)23-18-8-7-9-20(15-18)27-16(2)3/h7-13,15-16H,4-6,14H2,1-3H3,(H2,23,24,25,28). The highest BCUT2D eigenvalue weighted by molar-refractivity contribution is 7.80. The van der Waals surface area contributed by atoms with Gasteiger partial charge in [0, 0.05) is 17.3 Å². The van der Waals surface area contributed by atoms with Crippen molar-refractivity contribution in [2.24, 2.45) is 0 Å². The molecule has 0 fully saturated rings. The third-order valence-electron chi connectivity index (χ3n) is 3.82. The summed E-state index contributed by atoms with van der Waals surface area (Å²) in [6, 6.07) is 14.5. The Kier molecular flexibility index (Phi) is 8.75. The number of hydrogen-bond donors (Lipinski definition) is 2. The number of ether oxygens (including phenoxy) is 2. The number of rotatable bonds is 9. The lowest BCUT2D eigenvalue weighted by Crippen LogP contribution is -2.34. The first kappa shape index (κ1) is 21.7. The minimum Gasteiger partial charge on any atom is -0.494 e. The van der Waals surface area contributed by atoms with E-state index < -0.39 is 0 Å². The summed E-state index contributed by atoms with van der Waals surface area (Å²) < 4.78 is 11.3. The van der Waals surface area contributed by atoms with Crippen LogP contribution in [0.3, 0.4) is 0 Å². The van der Waals surface area contributed by atoms with Crippen molar-refractivity contribution in [1.82, 2.24) is 5.32 Å². The van der Waals surface area contributed by atoms with Gasteiger partial charge in [-0.05, 0) is 68.9 Å². The molecule has 0 aliphatic carbocycles. The van der Waals surface area contributed by atoms with Crippen LogP contribution in [0, 0.1) is 0 Å². The summed E-state index contributed by atoms with van der Waals surface area (Å²) in [6.07, 6.45) is 3.42. The van der Waals surface area contributed by atoms with E-state index in [0.717, 1.165) is 36.4 Å². The van der Waals surface area contributed by atoms with Crippen molar-refractivity contribution in [2.75, 3.05) is 11.9 Å². The largest absolute Gasteiger partial charge is 0.494 e. The summed E-state index contributed by atoms with van der Waals surface area (Å²) in [5.74, 6) is 1.23. The van der Waals surface area contributed by atoms with Gasteiger partial charge in [0.05, 0.1) is 12.7 Å². The zero-order valence-corrected chi connectivity index (χ0v) is 17.5. The number of nitrogens with one attached hydrogen (secondary N) is 2. The molecule has 0 aromatic heterocycles. The van der Waals surface area contributed by atoms with Gasteiger partial charge in [0.2, 0.25) is 0 Å². The molecule has 0 bridgehead atoms. The maximum atomic E-state index is 12.4. The SMILES string of the molecule is CCCCCOc1ccc(C(=O)NC(=S)Nc2cccc(OC(C)C)c2)cc1. The molecule has 0 aliphatic heterocycles. The number of hydrogen-bond acceptors (Lipinski definition) is 4. The predicted molar refractivity (Wildman–Crippen MR) is 117 cm³/mol. The highest BCUT2D eigenvalue weighted by atomic mass is 32.1. The van der Waals surface area contributed by atoms with Crippen LogP contribution in [-0.4, -0.2) is 23.7 Å². The molecule has 2 aromatic carbocycles. The summed E-state index contributed by atoms with van der Waals surface area (Å²) in [6.45, 7) is 6.77. The van der Waals surface area contributed by atoms with Gasteiger partial charge in [-0.1, -0.05) is 25.8 Å². The number of carbonyl (C=O) groups excluding carboxylic acids is 1. The summed E-state index contributed by atoms with van der Waals surface area (Å²) in [7, 11) is 0. The Morgan fingerprint density at radius 2 is 1.82 bits per heavy atom. The number of anilines is 1. The number of unbranched alkanes of at least 4 members (excludes halogenated alkanes) is 2. The summed E-state index contributed by atoms with van der Waals surface area (Å²) >= 11 is 5.24. The molecule has 0 unspecified atom stereocenters. The Bertz CT molecular complexity index is 776. The summed E-state index contributed by atoms with van der Waals surface area (Å²) in [5, 5.41) is 5.91. The average Bonchev–Trinajstić information content (AvgIpc) is 2.65. The van der Waals surface area contributed by atoms with Gasteiger partial charge in [0.1, 0.15) is 11.5 Å². The van der Waals surface area contributed by atoms with Crippen molar-refractivity contribution in [3.63, 3.8) is 0 Å². The van der Waals surface area contributed by atoms with E-state index in [1.54, 1.807) is 24.3 Å². The fourth-order valence-corrected chi connectivity index (χ4v) is 2.71. The number of thiocarbonyl (C=S) groups is 1. The smallest absolute Gasteiger partial charge is 0.257 e. The molecule has 2 N–H and O–H groups in total. The van der Waals surface area contributed by atoms with Gasteiger partial charge in [-0.25, -0.2) is 0 Å². The Morgan fingerprint density at radius 3 is 2.50 bits per heavy atom. The minimum atomic E-state index is -0.274. The molecule has 1 amide bonds. The molecule has 2 rings (SSSR count). The second-order valence-corrected chi connectivity index (χ2v) is 7.09. The highest BCUT2D eigenvalue weighted by Crippen LogP contribution is 2.18. The Balaban J connectivity index is 1.85. The molecule has 2 aromatic rings. The van der Waals surface area contributed by atoms with E-state index in [9.17, 15) is 4.79 Å². The number of amides is 1. The maximum Gasteiger partial charge on any atom is 0.257 e. The van der Waals surface area contributed by atoms with Crippen LogP contribution in [0.15, 0.2) is 48.5 Å². The van der Waals surface area contributed by atoms with Crippen molar-refractivity contribution in [3.8, 4) is 11.5 Å². The molecule has 0 saturated heterocycles. The Hall–Kier alpha value is -2.60. The third kappa shape index (κ3) is 7.56. The third-order valence-corrected chi connectivity index (χ3v) is 4.03.